The van der Waals surface area contributed by atoms with Crippen LogP contribution >= 0.6 is 24.2 Å². The number of carbonyl (C=O) groups is 1. The van der Waals surface area contributed by atoms with E-state index in [1.54, 1.807) is 26.0 Å². The SMILES string of the molecule is COc1cc(CN2CCC(NC(=O)[C@@H](N)CCSC)C2)cc(OC)c1.Cl. The van der Waals surface area contributed by atoms with Crippen LogP contribution in [-0.2, 0) is 11.3 Å². The Morgan fingerprint density at radius 2 is 2.00 bits per heavy atom. The quantitative estimate of drug-likeness (QED) is 0.655. The molecule has 1 aliphatic rings. The van der Waals surface area contributed by atoms with Crippen LogP contribution in [0.25, 0.3) is 0 Å². The molecule has 1 aliphatic heterocycles. The van der Waals surface area contributed by atoms with Gasteiger partial charge in [-0.15, -0.1) is 12.4 Å². The Kier molecular flexibility index (Phi) is 10.2. The van der Waals surface area contributed by atoms with E-state index in [1.165, 1.54) is 0 Å². The zero-order valence-corrected chi connectivity index (χ0v) is 17.3. The van der Waals surface area contributed by atoms with E-state index in [1.807, 2.05) is 24.5 Å². The molecule has 0 saturated carbocycles. The van der Waals surface area contributed by atoms with Gasteiger partial charge in [0.2, 0.25) is 5.91 Å². The molecule has 0 aliphatic carbocycles. The smallest absolute Gasteiger partial charge is 0.237 e. The largest absolute Gasteiger partial charge is 0.497 e. The van der Waals surface area contributed by atoms with Crippen molar-refractivity contribution in [1.82, 2.24) is 10.2 Å². The maximum atomic E-state index is 12.1. The minimum absolute atomic E-state index is 0. The summed E-state index contributed by atoms with van der Waals surface area (Å²) >= 11 is 1.71. The highest BCUT2D eigenvalue weighted by Gasteiger charge is 2.25. The van der Waals surface area contributed by atoms with E-state index >= 15 is 0 Å². The number of ether oxygens (including phenoxy) is 2. The third kappa shape index (κ3) is 6.87. The number of benzene rings is 1. The van der Waals surface area contributed by atoms with Gasteiger partial charge in [-0.25, -0.2) is 0 Å². The molecule has 1 aromatic rings. The van der Waals surface area contributed by atoms with Crippen molar-refractivity contribution in [3.8, 4) is 11.5 Å². The van der Waals surface area contributed by atoms with Crippen molar-refractivity contribution in [3.05, 3.63) is 23.8 Å². The molecule has 1 aromatic carbocycles. The maximum Gasteiger partial charge on any atom is 0.237 e. The van der Waals surface area contributed by atoms with Gasteiger partial charge in [0.25, 0.3) is 0 Å². The van der Waals surface area contributed by atoms with Gasteiger partial charge in [0.1, 0.15) is 11.5 Å². The first-order valence-corrected chi connectivity index (χ1v) is 9.94. The molecule has 3 N–H and O–H groups in total. The number of hydrogen-bond acceptors (Lipinski definition) is 6. The Bertz CT molecular complexity index is 554. The standard InChI is InChI=1S/C18H29N3O3S.ClH/c1-23-15-8-13(9-16(10-15)24-2)11-21-6-4-14(12-21)20-18(22)17(19)5-7-25-3;/h8-10,14,17H,4-7,11-12,19H2,1-3H3,(H,20,22);1H/t14?,17-;/m0./s1. The van der Waals surface area contributed by atoms with Crippen LogP contribution in [0, 0.1) is 0 Å². The Morgan fingerprint density at radius 1 is 1.35 bits per heavy atom. The molecule has 0 radical (unpaired) electrons. The Labute approximate surface area is 166 Å². The number of carbonyl (C=O) groups excluding carboxylic acids is 1. The Hall–Kier alpha value is -1.15. The predicted octanol–water partition coefficient (Wildman–Crippen LogP) is 1.90. The van der Waals surface area contributed by atoms with Crippen molar-refractivity contribution in [2.75, 3.05) is 39.3 Å². The van der Waals surface area contributed by atoms with Crippen LogP contribution in [0.15, 0.2) is 18.2 Å². The molecule has 1 fully saturated rings. The molecule has 6 nitrogen and oxygen atoms in total. The van der Waals surface area contributed by atoms with Crippen molar-refractivity contribution in [3.63, 3.8) is 0 Å². The van der Waals surface area contributed by atoms with Crippen molar-refractivity contribution < 1.29 is 14.3 Å². The van der Waals surface area contributed by atoms with E-state index < -0.39 is 6.04 Å². The van der Waals surface area contributed by atoms with Gasteiger partial charge >= 0.3 is 0 Å². The number of likely N-dealkylation sites (tertiary alicyclic amines) is 1. The number of thioether (sulfide) groups is 1. The van der Waals surface area contributed by atoms with E-state index in [-0.39, 0.29) is 24.4 Å². The van der Waals surface area contributed by atoms with Crippen LogP contribution in [-0.4, -0.2) is 62.2 Å². The number of rotatable bonds is 9. The molecule has 1 amide bonds. The molecule has 0 aromatic heterocycles. The van der Waals surface area contributed by atoms with Crippen molar-refractivity contribution >= 4 is 30.1 Å². The van der Waals surface area contributed by atoms with E-state index in [4.69, 9.17) is 15.2 Å². The zero-order chi connectivity index (χ0) is 18.2. The van der Waals surface area contributed by atoms with Gasteiger partial charge < -0.3 is 20.5 Å². The van der Waals surface area contributed by atoms with E-state index in [2.05, 4.69) is 10.2 Å². The molecule has 1 saturated heterocycles. The van der Waals surface area contributed by atoms with E-state index in [0.717, 1.165) is 48.9 Å². The molecule has 1 unspecified atom stereocenters. The summed E-state index contributed by atoms with van der Waals surface area (Å²) in [4.78, 5) is 14.5. The fourth-order valence-corrected chi connectivity index (χ4v) is 3.48. The topological polar surface area (TPSA) is 76.8 Å². The first-order valence-electron chi connectivity index (χ1n) is 8.55. The number of amides is 1. The van der Waals surface area contributed by atoms with Crippen LogP contribution in [0.2, 0.25) is 0 Å². The first kappa shape index (κ1) is 22.9. The van der Waals surface area contributed by atoms with Crippen LogP contribution in [0.5, 0.6) is 11.5 Å². The summed E-state index contributed by atoms with van der Waals surface area (Å²) in [6.07, 6.45) is 3.68. The van der Waals surface area contributed by atoms with Gasteiger partial charge in [-0.1, -0.05) is 0 Å². The molecule has 26 heavy (non-hydrogen) atoms. The van der Waals surface area contributed by atoms with Crippen LogP contribution in [0.1, 0.15) is 18.4 Å². The molecule has 148 valence electrons. The lowest BCUT2D eigenvalue weighted by atomic mass is 10.2. The molecule has 0 bridgehead atoms. The molecule has 1 heterocycles. The molecular formula is C18H30ClN3O3S. The van der Waals surface area contributed by atoms with Gasteiger partial charge in [0, 0.05) is 31.7 Å². The van der Waals surface area contributed by atoms with Gasteiger partial charge in [-0.2, -0.15) is 11.8 Å². The number of nitrogens with zero attached hydrogens (tertiary/aromatic N) is 1. The third-order valence-electron chi connectivity index (χ3n) is 4.41. The van der Waals surface area contributed by atoms with Crippen LogP contribution in [0.3, 0.4) is 0 Å². The molecule has 2 rings (SSSR count). The predicted molar refractivity (Wildman–Crippen MR) is 110 cm³/mol. The summed E-state index contributed by atoms with van der Waals surface area (Å²) in [5, 5.41) is 3.08. The lowest BCUT2D eigenvalue weighted by Gasteiger charge is -2.19. The number of nitrogens with two attached hydrogens (primary N) is 1. The highest BCUT2D eigenvalue weighted by molar-refractivity contribution is 7.98. The second kappa shape index (κ2) is 11.5. The lowest BCUT2D eigenvalue weighted by molar-refractivity contribution is -0.123. The highest BCUT2D eigenvalue weighted by atomic mass is 35.5. The van der Waals surface area contributed by atoms with Crippen molar-refractivity contribution in [2.45, 2.75) is 31.5 Å². The number of methoxy groups -OCH3 is 2. The van der Waals surface area contributed by atoms with Gasteiger partial charge in [0.15, 0.2) is 0 Å². The molecule has 2 atom stereocenters. The summed E-state index contributed by atoms with van der Waals surface area (Å²) in [7, 11) is 3.31. The fourth-order valence-electron chi connectivity index (χ4n) is 2.99. The average Bonchev–Trinajstić information content (AvgIpc) is 3.05. The monoisotopic (exact) mass is 403 g/mol. The summed E-state index contributed by atoms with van der Waals surface area (Å²) in [5.41, 5.74) is 7.08. The van der Waals surface area contributed by atoms with Crippen LogP contribution in [0.4, 0.5) is 0 Å². The normalized spacial score (nSPS) is 18.1. The van der Waals surface area contributed by atoms with Gasteiger partial charge in [-0.05, 0) is 42.5 Å². The molecule has 0 spiro atoms. The van der Waals surface area contributed by atoms with Gasteiger partial charge in [-0.3, -0.25) is 9.69 Å². The van der Waals surface area contributed by atoms with Crippen molar-refractivity contribution in [2.24, 2.45) is 5.73 Å². The Balaban J connectivity index is 0.00000338. The minimum Gasteiger partial charge on any atom is -0.497 e. The highest BCUT2D eigenvalue weighted by Crippen LogP contribution is 2.24. The zero-order valence-electron chi connectivity index (χ0n) is 15.7. The summed E-state index contributed by atoms with van der Waals surface area (Å²) in [5.74, 6) is 2.45. The summed E-state index contributed by atoms with van der Waals surface area (Å²) in [6.45, 7) is 2.59. The second-order valence-electron chi connectivity index (χ2n) is 6.34. The number of halogens is 1. The lowest BCUT2D eigenvalue weighted by Crippen LogP contribution is -2.46. The second-order valence-corrected chi connectivity index (χ2v) is 7.32. The average molecular weight is 404 g/mol. The summed E-state index contributed by atoms with van der Waals surface area (Å²) < 4.78 is 10.6. The van der Waals surface area contributed by atoms with E-state index in [9.17, 15) is 4.79 Å². The van der Waals surface area contributed by atoms with E-state index in [0.29, 0.717) is 6.42 Å². The van der Waals surface area contributed by atoms with Gasteiger partial charge in [0.05, 0.1) is 20.3 Å². The number of hydrogen-bond donors (Lipinski definition) is 2. The van der Waals surface area contributed by atoms with Crippen molar-refractivity contribution in [1.29, 1.82) is 0 Å². The minimum atomic E-state index is -0.413. The fraction of sp³-hybridized carbons (Fsp3) is 0.611. The third-order valence-corrected chi connectivity index (χ3v) is 5.05. The summed E-state index contributed by atoms with van der Waals surface area (Å²) in [6, 6.07) is 5.66. The maximum absolute atomic E-state index is 12.1. The molecule has 8 heteroatoms. The Morgan fingerprint density at radius 3 is 2.58 bits per heavy atom. The van der Waals surface area contributed by atoms with Crippen LogP contribution < -0.4 is 20.5 Å². The molecular weight excluding hydrogens is 374 g/mol. The first-order chi connectivity index (χ1) is 12.0. The number of nitrogens with one attached hydrogen (secondary N) is 1.